The summed E-state index contributed by atoms with van der Waals surface area (Å²) in [4.78, 5) is 0. The van der Waals surface area contributed by atoms with E-state index in [-0.39, 0.29) is 22.5 Å². The lowest BCUT2D eigenvalue weighted by Gasteiger charge is -2.27. The highest BCUT2D eigenvalue weighted by Crippen LogP contribution is 2.33. The van der Waals surface area contributed by atoms with E-state index in [0.29, 0.717) is 0 Å². The van der Waals surface area contributed by atoms with E-state index in [1.165, 1.54) is 11.1 Å². The average molecular weight is 537 g/mol. The molecule has 218 valence electrons. The van der Waals surface area contributed by atoms with Gasteiger partial charge in [0.25, 0.3) is 0 Å². The maximum atomic E-state index is 9.16. The molecule has 1 unspecified atom stereocenters. The molecule has 2 rings (SSSR count). The molecule has 1 atom stereocenters. The topological polar surface area (TPSA) is 38.7 Å². The SMILES string of the molecule is C=C/C=C\C=C.CC.CC=CC(C)(C)C(C)O.COc1ccc(C(C)(C)c2ccc(OC(C)(C)C)cc2)cc1. The van der Waals surface area contributed by atoms with Gasteiger partial charge in [-0.05, 0) is 70.0 Å². The van der Waals surface area contributed by atoms with Crippen molar-refractivity contribution in [2.75, 3.05) is 7.11 Å². The fourth-order valence-electron chi connectivity index (χ4n) is 3.19. The van der Waals surface area contributed by atoms with Crippen LogP contribution in [-0.2, 0) is 5.41 Å². The molecule has 0 aliphatic heterocycles. The Labute approximate surface area is 241 Å². The summed E-state index contributed by atoms with van der Waals surface area (Å²) >= 11 is 0. The first-order chi connectivity index (χ1) is 18.1. The van der Waals surface area contributed by atoms with Gasteiger partial charge in [0, 0.05) is 10.8 Å². The lowest BCUT2D eigenvalue weighted by Crippen LogP contribution is -2.23. The summed E-state index contributed by atoms with van der Waals surface area (Å²) < 4.78 is 11.1. The van der Waals surface area contributed by atoms with Gasteiger partial charge in [-0.15, -0.1) is 0 Å². The highest BCUT2D eigenvalue weighted by atomic mass is 16.5. The number of aliphatic hydroxyl groups excluding tert-OH is 1. The Hall–Kier alpha value is -3.04. The standard InChI is InChI=1S/C20H26O2.C8H16O.C6H8.C2H6/c1-19(2,3)22-18-13-9-16(10-14-18)20(4,5)15-7-11-17(21-6)12-8-15;1-5-6-8(3,4)7(2)9;1-3-5-6-4-2;1-2/h7-14H,1-6H3;5-7,9H,1-4H3;3-6H,1-2H2;1-2H3/b;;6-5-;. The van der Waals surface area contributed by atoms with Gasteiger partial charge in [-0.2, -0.15) is 0 Å². The van der Waals surface area contributed by atoms with Crippen molar-refractivity contribution in [3.05, 3.63) is 109 Å². The lowest BCUT2D eigenvalue weighted by molar-refractivity contribution is 0.0995. The summed E-state index contributed by atoms with van der Waals surface area (Å²) in [7, 11) is 1.69. The maximum Gasteiger partial charge on any atom is 0.120 e. The van der Waals surface area contributed by atoms with Crippen LogP contribution in [-0.4, -0.2) is 23.9 Å². The molecule has 39 heavy (non-hydrogen) atoms. The van der Waals surface area contributed by atoms with Crippen molar-refractivity contribution in [2.45, 2.75) is 93.3 Å². The predicted octanol–water partition coefficient (Wildman–Crippen LogP) is 10.1. The van der Waals surface area contributed by atoms with E-state index in [2.05, 4.69) is 72.0 Å². The number of methoxy groups -OCH3 is 1. The van der Waals surface area contributed by atoms with Crippen LogP contribution in [0.3, 0.4) is 0 Å². The molecule has 0 amide bonds. The van der Waals surface area contributed by atoms with Crippen LogP contribution in [0, 0.1) is 5.41 Å². The van der Waals surface area contributed by atoms with Gasteiger partial charge >= 0.3 is 0 Å². The number of hydrogen-bond donors (Lipinski definition) is 1. The lowest BCUT2D eigenvalue weighted by atomic mass is 9.78. The monoisotopic (exact) mass is 536 g/mol. The Balaban J connectivity index is 0. The van der Waals surface area contributed by atoms with Gasteiger partial charge in [-0.3, -0.25) is 0 Å². The Kier molecular flexibility index (Phi) is 18.7. The molecule has 3 nitrogen and oxygen atoms in total. The average Bonchev–Trinajstić information content (AvgIpc) is 2.88. The van der Waals surface area contributed by atoms with Crippen molar-refractivity contribution in [1.82, 2.24) is 0 Å². The summed E-state index contributed by atoms with van der Waals surface area (Å²) in [5, 5.41) is 9.16. The summed E-state index contributed by atoms with van der Waals surface area (Å²) in [5.41, 5.74) is 2.21. The smallest absolute Gasteiger partial charge is 0.120 e. The molecule has 0 saturated carbocycles. The molecule has 0 saturated heterocycles. The van der Waals surface area contributed by atoms with Crippen molar-refractivity contribution in [2.24, 2.45) is 5.41 Å². The molecule has 0 aliphatic carbocycles. The third kappa shape index (κ3) is 15.8. The second-order valence-electron chi connectivity index (χ2n) is 10.9. The molecular weight excluding hydrogens is 480 g/mol. The molecule has 3 heteroatoms. The number of benzene rings is 2. The number of hydrogen-bond acceptors (Lipinski definition) is 3. The maximum absolute atomic E-state index is 9.16. The number of rotatable bonds is 8. The molecular formula is C36H56O3. The highest BCUT2D eigenvalue weighted by Gasteiger charge is 2.23. The third-order valence-electron chi connectivity index (χ3n) is 5.87. The van der Waals surface area contributed by atoms with Crippen LogP contribution in [0.4, 0.5) is 0 Å². The van der Waals surface area contributed by atoms with Crippen molar-refractivity contribution in [1.29, 1.82) is 0 Å². The zero-order chi connectivity index (χ0) is 30.7. The zero-order valence-corrected chi connectivity index (χ0v) is 26.8. The largest absolute Gasteiger partial charge is 0.497 e. The number of aliphatic hydroxyl groups is 1. The molecule has 0 aromatic heterocycles. The first-order valence-corrected chi connectivity index (χ1v) is 13.8. The first kappa shape index (κ1) is 38.1. The van der Waals surface area contributed by atoms with Gasteiger partial charge in [-0.25, -0.2) is 0 Å². The van der Waals surface area contributed by atoms with Crippen LogP contribution in [0.1, 0.15) is 87.3 Å². The van der Waals surface area contributed by atoms with Crippen LogP contribution < -0.4 is 9.47 Å². The molecule has 0 bridgehead atoms. The second kappa shape index (κ2) is 19.1. The minimum Gasteiger partial charge on any atom is -0.497 e. The molecule has 2 aromatic carbocycles. The van der Waals surface area contributed by atoms with Crippen molar-refractivity contribution < 1.29 is 14.6 Å². The number of ether oxygens (including phenoxy) is 2. The van der Waals surface area contributed by atoms with Crippen LogP contribution in [0.15, 0.2) is 98.1 Å². The van der Waals surface area contributed by atoms with E-state index in [9.17, 15) is 0 Å². The van der Waals surface area contributed by atoms with E-state index >= 15 is 0 Å². The first-order valence-electron chi connectivity index (χ1n) is 13.8. The highest BCUT2D eigenvalue weighted by molar-refractivity contribution is 5.41. The van der Waals surface area contributed by atoms with Crippen LogP contribution in [0.2, 0.25) is 0 Å². The fourth-order valence-corrected chi connectivity index (χ4v) is 3.19. The van der Waals surface area contributed by atoms with Crippen molar-refractivity contribution in [3.63, 3.8) is 0 Å². The molecule has 0 radical (unpaired) electrons. The molecule has 0 aliphatic rings. The van der Waals surface area contributed by atoms with Gasteiger partial charge in [-0.1, -0.05) is 115 Å². The summed E-state index contributed by atoms with van der Waals surface area (Å²) in [6.45, 7) is 29.4. The van der Waals surface area contributed by atoms with E-state index in [0.717, 1.165) is 11.5 Å². The summed E-state index contributed by atoms with van der Waals surface area (Å²) in [6, 6.07) is 16.6. The Morgan fingerprint density at radius 2 is 1.13 bits per heavy atom. The molecule has 0 heterocycles. The van der Waals surface area contributed by atoms with Crippen LogP contribution >= 0.6 is 0 Å². The Bertz CT molecular complexity index is 957. The van der Waals surface area contributed by atoms with E-state index < -0.39 is 0 Å². The zero-order valence-electron chi connectivity index (χ0n) is 26.8. The second-order valence-corrected chi connectivity index (χ2v) is 10.9. The Morgan fingerprint density at radius 1 is 0.744 bits per heavy atom. The summed E-state index contributed by atoms with van der Waals surface area (Å²) in [5.74, 6) is 1.79. The van der Waals surface area contributed by atoms with E-state index in [4.69, 9.17) is 14.6 Å². The van der Waals surface area contributed by atoms with Crippen molar-refractivity contribution >= 4 is 0 Å². The quantitative estimate of drug-likeness (QED) is 0.269. The van der Waals surface area contributed by atoms with E-state index in [1.807, 2.05) is 83.2 Å². The van der Waals surface area contributed by atoms with Gasteiger partial charge in [0.05, 0.1) is 13.2 Å². The van der Waals surface area contributed by atoms with Crippen LogP contribution in [0.25, 0.3) is 0 Å². The fraction of sp³-hybridized carbons (Fsp3) is 0.444. The van der Waals surface area contributed by atoms with Gasteiger partial charge in [0.15, 0.2) is 0 Å². The van der Waals surface area contributed by atoms with Gasteiger partial charge < -0.3 is 14.6 Å². The predicted molar refractivity (Wildman–Crippen MR) is 173 cm³/mol. The molecule has 0 spiro atoms. The molecule has 2 aromatic rings. The minimum atomic E-state index is -0.270. The number of allylic oxidation sites excluding steroid dienone is 5. The van der Waals surface area contributed by atoms with E-state index in [1.54, 1.807) is 26.2 Å². The van der Waals surface area contributed by atoms with Gasteiger partial charge in [0.1, 0.15) is 17.1 Å². The molecule has 1 N–H and O–H groups in total. The van der Waals surface area contributed by atoms with Gasteiger partial charge in [0.2, 0.25) is 0 Å². The normalized spacial score (nSPS) is 12.1. The third-order valence-corrected chi connectivity index (χ3v) is 5.87. The Morgan fingerprint density at radius 3 is 1.38 bits per heavy atom. The molecule has 0 fully saturated rings. The van der Waals surface area contributed by atoms with Crippen molar-refractivity contribution in [3.8, 4) is 11.5 Å². The summed E-state index contributed by atoms with van der Waals surface area (Å²) in [6.07, 6.45) is 10.8. The van der Waals surface area contributed by atoms with Crippen LogP contribution in [0.5, 0.6) is 11.5 Å². The minimum absolute atomic E-state index is 0.0630.